The molecule has 2 heteroatoms. The van der Waals surface area contributed by atoms with E-state index in [-0.39, 0.29) is 0 Å². The first-order chi connectivity index (χ1) is 9.57. The Bertz CT molecular complexity index is 746. The molecule has 1 unspecified atom stereocenters. The van der Waals surface area contributed by atoms with Gasteiger partial charge in [-0.15, -0.1) is 0 Å². The predicted molar refractivity (Wildman–Crippen MR) is 83.6 cm³/mol. The van der Waals surface area contributed by atoms with E-state index in [1.54, 1.807) is 0 Å². The minimum absolute atomic E-state index is 0.500. The number of hydrogen-bond acceptors (Lipinski definition) is 2. The maximum Gasteiger partial charge on any atom is 0.0705 e. The lowest BCUT2D eigenvalue weighted by Crippen LogP contribution is -2.34. The van der Waals surface area contributed by atoms with Crippen LogP contribution in [0.1, 0.15) is 23.7 Å². The zero-order valence-electron chi connectivity index (χ0n) is 11.8. The number of pyridine rings is 1. The molecule has 0 bridgehead atoms. The van der Waals surface area contributed by atoms with Crippen molar-refractivity contribution in [1.29, 1.82) is 0 Å². The van der Waals surface area contributed by atoms with Gasteiger partial charge >= 0.3 is 0 Å². The first kappa shape index (κ1) is 12.8. The summed E-state index contributed by atoms with van der Waals surface area (Å²) in [6, 6.07) is 20.6. The molecule has 2 aromatic carbocycles. The number of nitrogens with two attached hydrogens (primary N) is 1. The van der Waals surface area contributed by atoms with Crippen LogP contribution in [0.4, 0.5) is 0 Å². The molecule has 100 valence electrons. The van der Waals surface area contributed by atoms with E-state index in [9.17, 15) is 0 Å². The molecule has 0 saturated carbocycles. The fraction of sp³-hybridized carbons (Fsp3) is 0.167. The monoisotopic (exact) mass is 262 g/mol. The van der Waals surface area contributed by atoms with E-state index in [0.29, 0.717) is 0 Å². The average Bonchev–Trinajstić information content (AvgIpc) is 2.47. The van der Waals surface area contributed by atoms with Crippen LogP contribution in [-0.2, 0) is 5.54 Å². The maximum atomic E-state index is 6.56. The van der Waals surface area contributed by atoms with Crippen LogP contribution >= 0.6 is 0 Å². The summed E-state index contributed by atoms with van der Waals surface area (Å²) in [4.78, 5) is 4.53. The number of aryl methyl sites for hydroxylation is 1. The van der Waals surface area contributed by atoms with Crippen molar-refractivity contribution in [3.8, 4) is 0 Å². The van der Waals surface area contributed by atoms with E-state index in [2.05, 4.69) is 35.3 Å². The molecule has 2 N–H and O–H groups in total. The van der Waals surface area contributed by atoms with Crippen molar-refractivity contribution in [3.05, 3.63) is 77.5 Å². The van der Waals surface area contributed by atoms with Crippen LogP contribution in [0.15, 0.2) is 60.7 Å². The summed E-state index contributed by atoms with van der Waals surface area (Å²) in [6.45, 7) is 4.05. The van der Waals surface area contributed by atoms with Crippen LogP contribution in [-0.4, -0.2) is 4.98 Å². The Hall–Kier alpha value is -2.19. The van der Waals surface area contributed by atoms with Crippen LogP contribution in [0, 0.1) is 6.92 Å². The van der Waals surface area contributed by atoms with E-state index >= 15 is 0 Å². The number of nitrogens with zero attached hydrogens (tertiary/aromatic N) is 1. The van der Waals surface area contributed by atoms with E-state index in [0.717, 1.165) is 27.7 Å². The molecule has 3 aromatic rings. The minimum atomic E-state index is -0.500. The normalized spacial score (nSPS) is 14.2. The van der Waals surface area contributed by atoms with Gasteiger partial charge in [0.2, 0.25) is 0 Å². The van der Waals surface area contributed by atoms with Crippen molar-refractivity contribution in [1.82, 2.24) is 4.98 Å². The Morgan fingerprint density at radius 2 is 1.65 bits per heavy atom. The minimum Gasteiger partial charge on any atom is -0.318 e. The molecule has 0 radical (unpaired) electrons. The zero-order valence-corrected chi connectivity index (χ0v) is 11.8. The fourth-order valence-electron chi connectivity index (χ4n) is 2.50. The highest BCUT2D eigenvalue weighted by Gasteiger charge is 2.23. The SMILES string of the molecule is Cc1ccc2cc(C(C)(N)c3ccccc3)ccc2n1. The van der Waals surface area contributed by atoms with Gasteiger partial charge in [0.1, 0.15) is 0 Å². The van der Waals surface area contributed by atoms with Gasteiger partial charge in [-0.05, 0) is 43.2 Å². The van der Waals surface area contributed by atoms with E-state index in [1.165, 1.54) is 0 Å². The van der Waals surface area contributed by atoms with Gasteiger partial charge in [-0.1, -0.05) is 42.5 Å². The van der Waals surface area contributed by atoms with Crippen molar-refractivity contribution in [2.75, 3.05) is 0 Å². The second kappa shape index (κ2) is 4.73. The van der Waals surface area contributed by atoms with Gasteiger partial charge in [0, 0.05) is 11.1 Å². The van der Waals surface area contributed by atoms with Gasteiger partial charge in [-0.25, -0.2) is 0 Å². The highest BCUT2D eigenvalue weighted by Crippen LogP contribution is 2.28. The van der Waals surface area contributed by atoms with Gasteiger partial charge in [0.05, 0.1) is 11.1 Å². The summed E-state index contributed by atoms with van der Waals surface area (Å²) in [5.74, 6) is 0. The molecule has 20 heavy (non-hydrogen) atoms. The number of fused-ring (bicyclic) bond motifs is 1. The molecule has 0 fully saturated rings. The second-order valence-electron chi connectivity index (χ2n) is 5.43. The Kier molecular flexibility index (Phi) is 3.03. The topological polar surface area (TPSA) is 38.9 Å². The molecule has 1 aromatic heterocycles. The molecule has 0 aliphatic rings. The number of rotatable bonds is 2. The van der Waals surface area contributed by atoms with Gasteiger partial charge in [0.15, 0.2) is 0 Å². The maximum absolute atomic E-state index is 6.56. The fourth-order valence-corrected chi connectivity index (χ4v) is 2.50. The highest BCUT2D eigenvalue weighted by molar-refractivity contribution is 5.79. The molecule has 0 saturated heterocycles. The standard InChI is InChI=1S/C18H18N2/c1-13-8-9-14-12-16(10-11-17(14)20-13)18(2,19)15-6-4-3-5-7-15/h3-12H,19H2,1-2H3. The third-order valence-electron chi connectivity index (χ3n) is 3.80. The molecule has 0 aliphatic heterocycles. The van der Waals surface area contributed by atoms with Crippen LogP contribution in [0.25, 0.3) is 10.9 Å². The summed E-state index contributed by atoms with van der Waals surface area (Å²) in [5.41, 5.74) is 10.3. The molecular formula is C18H18N2. The van der Waals surface area contributed by atoms with Crippen molar-refractivity contribution >= 4 is 10.9 Å². The molecule has 3 rings (SSSR count). The molecular weight excluding hydrogens is 244 g/mol. The first-order valence-electron chi connectivity index (χ1n) is 6.80. The lowest BCUT2D eigenvalue weighted by molar-refractivity contribution is 0.604. The zero-order chi connectivity index (χ0) is 14.2. The Morgan fingerprint density at radius 3 is 2.40 bits per heavy atom. The summed E-state index contributed by atoms with van der Waals surface area (Å²) < 4.78 is 0. The molecule has 2 nitrogen and oxygen atoms in total. The van der Waals surface area contributed by atoms with Gasteiger partial charge in [0.25, 0.3) is 0 Å². The van der Waals surface area contributed by atoms with Crippen molar-refractivity contribution in [3.63, 3.8) is 0 Å². The quantitative estimate of drug-likeness (QED) is 0.763. The molecule has 0 spiro atoms. The van der Waals surface area contributed by atoms with Crippen LogP contribution < -0.4 is 5.73 Å². The van der Waals surface area contributed by atoms with Crippen molar-refractivity contribution < 1.29 is 0 Å². The average molecular weight is 262 g/mol. The van der Waals surface area contributed by atoms with E-state index in [4.69, 9.17) is 5.73 Å². The van der Waals surface area contributed by atoms with Gasteiger partial charge < -0.3 is 5.73 Å². The Balaban J connectivity index is 2.12. The smallest absolute Gasteiger partial charge is 0.0705 e. The van der Waals surface area contributed by atoms with Crippen LogP contribution in [0.5, 0.6) is 0 Å². The summed E-state index contributed by atoms with van der Waals surface area (Å²) in [6.07, 6.45) is 0. The van der Waals surface area contributed by atoms with E-state index in [1.807, 2.05) is 44.2 Å². The van der Waals surface area contributed by atoms with Crippen molar-refractivity contribution in [2.45, 2.75) is 19.4 Å². The lowest BCUT2D eigenvalue weighted by Gasteiger charge is -2.26. The Morgan fingerprint density at radius 1 is 0.900 bits per heavy atom. The van der Waals surface area contributed by atoms with Gasteiger partial charge in [-0.2, -0.15) is 0 Å². The highest BCUT2D eigenvalue weighted by atomic mass is 14.7. The molecule has 1 heterocycles. The second-order valence-corrected chi connectivity index (χ2v) is 5.43. The summed E-state index contributed by atoms with van der Waals surface area (Å²) in [5, 5.41) is 1.13. The number of hydrogen-bond donors (Lipinski definition) is 1. The molecule has 0 aliphatic carbocycles. The van der Waals surface area contributed by atoms with Crippen LogP contribution in [0.3, 0.4) is 0 Å². The van der Waals surface area contributed by atoms with Crippen LogP contribution in [0.2, 0.25) is 0 Å². The third kappa shape index (κ3) is 2.19. The predicted octanol–water partition coefficient (Wildman–Crippen LogP) is 3.77. The molecule has 1 atom stereocenters. The summed E-state index contributed by atoms with van der Waals surface area (Å²) >= 11 is 0. The largest absolute Gasteiger partial charge is 0.318 e. The van der Waals surface area contributed by atoms with Gasteiger partial charge in [-0.3, -0.25) is 4.98 Å². The number of benzene rings is 2. The lowest BCUT2D eigenvalue weighted by atomic mass is 9.85. The van der Waals surface area contributed by atoms with Crippen molar-refractivity contribution in [2.24, 2.45) is 5.73 Å². The molecule has 0 amide bonds. The Labute approximate surface area is 119 Å². The third-order valence-corrected chi connectivity index (χ3v) is 3.80. The first-order valence-corrected chi connectivity index (χ1v) is 6.80. The summed E-state index contributed by atoms with van der Waals surface area (Å²) in [7, 11) is 0. The van der Waals surface area contributed by atoms with E-state index < -0.39 is 5.54 Å². The number of aromatic nitrogens is 1.